The van der Waals surface area contributed by atoms with Crippen LogP contribution in [0.4, 0.5) is 0 Å². The summed E-state index contributed by atoms with van der Waals surface area (Å²) in [5, 5.41) is 1.81. The minimum atomic E-state index is -3.06. The molecule has 0 aromatic rings. The van der Waals surface area contributed by atoms with Crippen molar-refractivity contribution in [2.24, 2.45) is 0 Å². The molecule has 1 rings (SSSR count). The van der Waals surface area contributed by atoms with E-state index in [1.54, 1.807) is 0 Å². The Kier molecular flexibility index (Phi) is 4.15. The molecule has 0 bridgehead atoms. The lowest BCUT2D eigenvalue weighted by atomic mass is 10.2. The first-order chi connectivity index (χ1) is 6.14. The van der Waals surface area contributed by atoms with E-state index in [0.717, 1.165) is 25.9 Å². The van der Waals surface area contributed by atoms with Gasteiger partial charge in [-0.15, -0.1) is 4.83 Å². The molecule has 1 saturated heterocycles. The highest BCUT2D eigenvalue weighted by molar-refractivity contribution is 7.89. The van der Waals surface area contributed by atoms with Crippen molar-refractivity contribution in [2.75, 3.05) is 18.8 Å². The Morgan fingerprint density at radius 2 is 1.85 bits per heavy atom. The largest absolute Gasteiger partial charge is 0.231 e. The third-order valence-corrected chi connectivity index (χ3v) is 3.58. The molecular weight excluding hydrogens is 188 g/mol. The van der Waals surface area contributed by atoms with Crippen LogP contribution in [0.1, 0.15) is 32.6 Å². The number of sulfonamides is 1. The van der Waals surface area contributed by atoms with Gasteiger partial charge in [-0.05, 0) is 19.3 Å². The second-order valence-electron chi connectivity index (χ2n) is 3.46. The van der Waals surface area contributed by atoms with Gasteiger partial charge in [0.2, 0.25) is 10.0 Å². The highest BCUT2D eigenvalue weighted by atomic mass is 32.2. The van der Waals surface area contributed by atoms with E-state index in [1.165, 1.54) is 6.42 Å². The third kappa shape index (κ3) is 4.06. The Bertz CT molecular complexity index is 233. The zero-order valence-electron chi connectivity index (χ0n) is 8.12. The van der Waals surface area contributed by atoms with Crippen LogP contribution in [0, 0.1) is 0 Å². The molecule has 0 spiro atoms. The van der Waals surface area contributed by atoms with Crippen LogP contribution < -0.4 is 4.83 Å². The second kappa shape index (κ2) is 4.93. The smallest absolute Gasteiger partial charge is 0.224 e. The SMILES string of the molecule is CCCS(=O)(=O)NN1CCCCC1. The number of nitrogens with zero attached hydrogens (tertiary/aromatic N) is 1. The van der Waals surface area contributed by atoms with Gasteiger partial charge >= 0.3 is 0 Å². The van der Waals surface area contributed by atoms with Crippen molar-refractivity contribution in [1.82, 2.24) is 9.84 Å². The maximum Gasteiger partial charge on any atom is 0.224 e. The third-order valence-electron chi connectivity index (χ3n) is 2.10. The van der Waals surface area contributed by atoms with E-state index in [-0.39, 0.29) is 5.75 Å². The Morgan fingerprint density at radius 1 is 1.23 bits per heavy atom. The van der Waals surface area contributed by atoms with E-state index >= 15 is 0 Å². The standard InChI is InChI=1S/C8H18N2O2S/c1-2-8-13(11,12)9-10-6-4-3-5-7-10/h9H,2-8H2,1H3. The summed E-state index contributed by atoms with van der Waals surface area (Å²) in [6, 6.07) is 0. The minimum Gasteiger partial charge on any atom is -0.231 e. The summed E-state index contributed by atoms with van der Waals surface area (Å²) >= 11 is 0. The predicted molar refractivity (Wildman–Crippen MR) is 52.6 cm³/mol. The molecule has 0 aliphatic carbocycles. The second-order valence-corrected chi connectivity index (χ2v) is 5.28. The number of hydrazine groups is 1. The quantitative estimate of drug-likeness (QED) is 0.737. The molecule has 1 fully saturated rings. The normalized spacial score (nSPS) is 20.4. The highest BCUT2D eigenvalue weighted by Crippen LogP contribution is 2.06. The minimum absolute atomic E-state index is 0.226. The summed E-state index contributed by atoms with van der Waals surface area (Å²) in [4.78, 5) is 2.60. The van der Waals surface area contributed by atoms with Crippen molar-refractivity contribution < 1.29 is 8.42 Å². The molecule has 1 heterocycles. The van der Waals surface area contributed by atoms with E-state index in [2.05, 4.69) is 4.83 Å². The highest BCUT2D eigenvalue weighted by Gasteiger charge is 2.16. The molecule has 0 aromatic heterocycles. The molecule has 0 amide bonds. The lowest BCUT2D eigenvalue weighted by Crippen LogP contribution is -2.45. The number of rotatable bonds is 4. The number of hydrogen-bond acceptors (Lipinski definition) is 3. The van der Waals surface area contributed by atoms with Crippen molar-refractivity contribution in [3.05, 3.63) is 0 Å². The molecular formula is C8H18N2O2S. The summed E-state index contributed by atoms with van der Waals surface area (Å²) in [5.41, 5.74) is 0. The monoisotopic (exact) mass is 206 g/mol. The first-order valence-corrected chi connectivity index (χ1v) is 6.54. The molecule has 0 unspecified atom stereocenters. The van der Waals surface area contributed by atoms with Crippen molar-refractivity contribution in [2.45, 2.75) is 32.6 Å². The van der Waals surface area contributed by atoms with Gasteiger partial charge in [-0.1, -0.05) is 13.3 Å². The van der Waals surface area contributed by atoms with E-state index in [0.29, 0.717) is 6.42 Å². The van der Waals surface area contributed by atoms with Gasteiger partial charge in [-0.2, -0.15) is 0 Å². The van der Waals surface area contributed by atoms with Gasteiger partial charge in [-0.3, -0.25) is 0 Å². The van der Waals surface area contributed by atoms with Gasteiger partial charge in [0.25, 0.3) is 0 Å². The van der Waals surface area contributed by atoms with Crippen LogP contribution in [0.15, 0.2) is 0 Å². The van der Waals surface area contributed by atoms with Crippen LogP contribution in [-0.4, -0.2) is 32.3 Å². The molecule has 4 nitrogen and oxygen atoms in total. The molecule has 78 valence electrons. The van der Waals surface area contributed by atoms with Crippen LogP contribution >= 0.6 is 0 Å². The van der Waals surface area contributed by atoms with Gasteiger partial charge < -0.3 is 0 Å². The van der Waals surface area contributed by atoms with Crippen LogP contribution in [0.3, 0.4) is 0 Å². The van der Waals surface area contributed by atoms with Crippen LogP contribution in [0.2, 0.25) is 0 Å². The Hall–Kier alpha value is -0.130. The lowest BCUT2D eigenvalue weighted by molar-refractivity contribution is 0.200. The van der Waals surface area contributed by atoms with Crippen molar-refractivity contribution >= 4 is 10.0 Å². The molecule has 0 radical (unpaired) electrons. The molecule has 1 N–H and O–H groups in total. The topological polar surface area (TPSA) is 49.4 Å². The molecule has 0 aromatic carbocycles. The van der Waals surface area contributed by atoms with Crippen LogP contribution in [0.5, 0.6) is 0 Å². The molecule has 1 aliphatic heterocycles. The maximum atomic E-state index is 11.3. The summed E-state index contributed by atoms with van der Waals surface area (Å²) in [6.07, 6.45) is 4.07. The summed E-state index contributed by atoms with van der Waals surface area (Å²) < 4.78 is 22.7. The number of piperidine rings is 1. The predicted octanol–water partition coefficient (Wildman–Crippen LogP) is 0.717. The van der Waals surface area contributed by atoms with Gasteiger partial charge in [0.1, 0.15) is 0 Å². The van der Waals surface area contributed by atoms with E-state index in [9.17, 15) is 8.42 Å². The van der Waals surface area contributed by atoms with Crippen LogP contribution in [-0.2, 0) is 10.0 Å². The first-order valence-electron chi connectivity index (χ1n) is 4.89. The van der Waals surface area contributed by atoms with Crippen molar-refractivity contribution in [1.29, 1.82) is 0 Å². The fourth-order valence-corrected chi connectivity index (χ4v) is 2.70. The zero-order valence-corrected chi connectivity index (χ0v) is 8.94. The van der Waals surface area contributed by atoms with Crippen molar-refractivity contribution in [3.63, 3.8) is 0 Å². The molecule has 1 aliphatic rings. The maximum absolute atomic E-state index is 11.3. The molecule has 13 heavy (non-hydrogen) atoms. The van der Waals surface area contributed by atoms with E-state index < -0.39 is 10.0 Å². The number of nitrogens with one attached hydrogen (secondary N) is 1. The molecule has 0 atom stereocenters. The van der Waals surface area contributed by atoms with Crippen molar-refractivity contribution in [3.8, 4) is 0 Å². The van der Waals surface area contributed by atoms with Gasteiger partial charge in [0.05, 0.1) is 5.75 Å². The van der Waals surface area contributed by atoms with Crippen LogP contribution in [0.25, 0.3) is 0 Å². The average molecular weight is 206 g/mol. The Balaban J connectivity index is 2.37. The van der Waals surface area contributed by atoms with E-state index in [4.69, 9.17) is 0 Å². The first kappa shape index (κ1) is 10.9. The summed E-state index contributed by atoms with van der Waals surface area (Å²) in [6.45, 7) is 3.57. The average Bonchev–Trinajstić information content (AvgIpc) is 2.04. The Labute approximate surface area is 80.3 Å². The Morgan fingerprint density at radius 3 is 2.38 bits per heavy atom. The fourth-order valence-electron chi connectivity index (χ4n) is 1.50. The van der Waals surface area contributed by atoms with Gasteiger partial charge in [-0.25, -0.2) is 13.4 Å². The fraction of sp³-hybridized carbons (Fsp3) is 1.00. The lowest BCUT2D eigenvalue weighted by Gasteiger charge is -2.26. The van der Waals surface area contributed by atoms with E-state index in [1.807, 2.05) is 11.9 Å². The van der Waals surface area contributed by atoms with Gasteiger partial charge in [0, 0.05) is 13.1 Å². The number of hydrogen-bond donors (Lipinski definition) is 1. The van der Waals surface area contributed by atoms with Gasteiger partial charge in [0.15, 0.2) is 0 Å². The molecule has 0 saturated carbocycles. The summed E-state index contributed by atoms with van der Waals surface area (Å²) in [7, 11) is -3.06. The zero-order chi connectivity index (χ0) is 9.73. The summed E-state index contributed by atoms with van der Waals surface area (Å²) in [5.74, 6) is 0.226. The molecule has 5 heteroatoms.